The molecule has 1 N–H and O–H groups in total. The van der Waals surface area contributed by atoms with E-state index in [4.69, 9.17) is 0 Å². The van der Waals surface area contributed by atoms with Crippen molar-refractivity contribution >= 4 is 17.6 Å². The Balaban J connectivity index is 2.24. The van der Waals surface area contributed by atoms with Crippen molar-refractivity contribution in [3.05, 3.63) is 41.5 Å². The number of nitrogens with zero attached hydrogens (tertiary/aromatic N) is 1. The molecule has 19 heavy (non-hydrogen) atoms. The highest BCUT2D eigenvalue weighted by Crippen LogP contribution is 2.15. The number of esters is 1. The summed E-state index contributed by atoms with van der Waals surface area (Å²) in [5.74, 6) is -0.401. The van der Waals surface area contributed by atoms with Gasteiger partial charge in [-0.25, -0.2) is 4.79 Å². The molecule has 5 nitrogen and oxygen atoms in total. The van der Waals surface area contributed by atoms with Gasteiger partial charge in [0.1, 0.15) is 0 Å². The van der Waals surface area contributed by atoms with Crippen molar-refractivity contribution in [1.82, 2.24) is 10.2 Å². The molecule has 0 saturated heterocycles. The molecule has 0 bridgehead atoms. The second kappa shape index (κ2) is 5.56. The van der Waals surface area contributed by atoms with Gasteiger partial charge in [0, 0.05) is 31.9 Å². The van der Waals surface area contributed by atoms with Crippen LogP contribution in [0.5, 0.6) is 0 Å². The first-order chi connectivity index (χ1) is 9.11. The fourth-order valence-electron chi connectivity index (χ4n) is 1.84. The van der Waals surface area contributed by atoms with Gasteiger partial charge in [0.05, 0.1) is 12.7 Å². The van der Waals surface area contributed by atoms with Crippen molar-refractivity contribution in [2.75, 3.05) is 27.2 Å². The first-order valence-electron chi connectivity index (χ1n) is 6.01. The number of hydrogen-bond acceptors (Lipinski definition) is 4. The monoisotopic (exact) mass is 260 g/mol. The van der Waals surface area contributed by atoms with Gasteiger partial charge in [-0.3, -0.25) is 4.79 Å². The van der Waals surface area contributed by atoms with Crippen LogP contribution in [-0.4, -0.2) is 44.0 Å². The molecule has 0 spiro atoms. The largest absolute Gasteiger partial charge is 0.465 e. The van der Waals surface area contributed by atoms with Crippen LogP contribution in [0.25, 0.3) is 5.70 Å². The highest BCUT2D eigenvalue weighted by Gasteiger charge is 2.13. The minimum atomic E-state index is -0.370. The van der Waals surface area contributed by atoms with Gasteiger partial charge in [0.15, 0.2) is 0 Å². The molecule has 0 radical (unpaired) electrons. The lowest BCUT2D eigenvalue weighted by molar-refractivity contribution is -0.124. The zero-order chi connectivity index (χ0) is 13.8. The molecular weight excluding hydrogens is 244 g/mol. The second-order valence-electron chi connectivity index (χ2n) is 4.31. The highest BCUT2D eigenvalue weighted by atomic mass is 16.5. The molecule has 0 unspecified atom stereocenters. The molecule has 1 aromatic rings. The van der Waals surface area contributed by atoms with Crippen molar-refractivity contribution in [1.29, 1.82) is 0 Å². The lowest BCUT2D eigenvalue weighted by Crippen LogP contribution is -2.28. The van der Waals surface area contributed by atoms with E-state index in [0.717, 1.165) is 11.3 Å². The summed E-state index contributed by atoms with van der Waals surface area (Å²) in [5.41, 5.74) is 2.13. The standard InChI is InChI=1S/C14H16N2O3/c1-16-8-7-15-12(9-13(16)17)10-3-5-11(6-4-10)14(18)19-2/h3-6,9,15H,7-8H2,1-2H3. The summed E-state index contributed by atoms with van der Waals surface area (Å²) < 4.78 is 4.64. The molecular formula is C14H16N2O3. The summed E-state index contributed by atoms with van der Waals surface area (Å²) in [7, 11) is 3.12. The van der Waals surface area contributed by atoms with Crippen LogP contribution in [0.2, 0.25) is 0 Å². The number of carbonyl (C=O) groups is 2. The van der Waals surface area contributed by atoms with Crippen LogP contribution in [0.1, 0.15) is 15.9 Å². The van der Waals surface area contributed by atoms with Crippen LogP contribution in [0.15, 0.2) is 30.3 Å². The zero-order valence-electron chi connectivity index (χ0n) is 11.0. The molecule has 5 heteroatoms. The van der Waals surface area contributed by atoms with Crippen molar-refractivity contribution < 1.29 is 14.3 Å². The number of rotatable bonds is 2. The molecule has 1 aliphatic heterocycles. The molecule has 1 heterocycles. The smallest absolute Gasteiger partial charge is 0.337 e. The molecule has 0 aromatic heterocycles. The van der Waals surface area contributed by atoms with E-state index >= 15 is 0 Å². The number of hydrogen-bond donors (Lipinski definition) is 1. The number of methoxy groups -OCH3 is 1. The van der Waals surface area contributed by atoms with Gasteiger partial charge < -0.3 is 15.0 Å². The van der Waals surface area contributed by atoms with E-state index in [1.54, 1.807) is 42.3 Å². The number of likely N-dealkylation sites (N-methyl/N-ethyl adjacent to an activating group) is 1. The van der Waals surface area contributed by atoms with Crippen molar-refractivity contribution in [2.45, 2.75) is 0 Å². The fourth-order valence-corrected chi connectivity index (χ4v) is 1.84. The maximum Gasteiger partial charge on any atom is 0.337 e. The molecule has 2 rings (SSSR count). The van der Waals surface area contributed by atoms with Gasteiger partial charge in [-0.1, -0.05) is 12.1 Å². The lowest BCUT2D eigenvalue weighted by atomic mass is 10.1. The Bertz CT molecular complexity index is 520. The number of amides is 1. The SMILES string of the molecule is COC(=O)c1ccc(C2=CC(=O)N(C)CCN2)cc1. The van der Waals surface area contributed by atoms with Crippen LogP contribution >= 0.6 is 0 Å². The molecule has 1 aromatic carbocycles. The zero-order valence-corrected chi connectivity index (χ0v) is 11.0. The van der Waals surface area contributed by atoms with Gasteiger partial charge in [-0.05, 0) is 17.7 Å². The third-order valence-corrected chi connectivity index (χ3v) is 3.02. The summed E-state index contributed by atoms with van der Waals surface area (Å²) in [4.78, 5) is 24.7. The van der Waals surface area contributed by atoms with E-state index in [0.29, 0.717) is 18.7 Å². The highest BCUT2D eigenvalue weighted by molar-refractivity contribution is 5.95. The van der Waals surface area contributed by atoms with E-state index in [-0.39, 0.29) is 11.9 Å². The molecule has 0 atom stereocenters. The van der Waals surface area contributed by atoms with Gasteiger partial charge in [0.25, 0.3) is 0 Å². The Morgan fingerprint density at radius 1 is 1.32 bits per heavy atom. The van der Waals surface area contributed by atoms with E-state index in [1.165, 1.54) is 7.11 Å². The minimum Gasteiger partial charge on any atom is -0.465 e. The van der Waals surface area contributed by atoms with Crippen LogP contribution in [-0.2, 0) is 9.53 Å². The average Bonchev–Trinajstić information content (AvgIpc) is 2.60. The molecule has 0 aliphatic carbocycles. The quantitative estimate of drug-likeness (QED) is 0.802. The predicted octanol–water partition coefficient (Wildman–Crippen LogP) is 0.876. The first-order valence-corrected chi connectivity index (χ1v) is 6.01. The van der Waals surface area contributed by atoms with Gasteiger partial charge in [-0.15, -0.1) is 0 Å². The Kier molecular flexibility index (Phi) is 3.85. The Morgan fingerprint density at radius 2 is 2.00 bits per heavy atom. The molecule has 1 amide bonds. The fraction of sp³-hybridized carbons (Fsp3) is 0.286. The van der Waals surface area contributed by atoms with Crippen molar-refractivity contribution in [3.8, 4) is 0 Å². The summed E-state index contributed by atoms with van der Waals surface area (Å²) >= 11 is 0. The number of ether oxygens (including phenoxy) is 1. The van der Waals surface area contributed by atoms with Gasteiger partial charge in [0.2, 0.25) is 5.91 Å². The number of nitrogens with one attached hydrogen (secondary N) is 1. The number of benzene rings is 1. The normalized spacial score (nSPS) is 15.4. The molecule has 1 aliphatic rings. The third kappa shape index (κ3) is 2.93. The third-order valence-electron chi connectivity index (χ3n) is 3.02. The summed E-state index contributed by atoms with van der Waals surface area (Å²) in [5, 5.41) is 3.20. The van der Waals surface area contributed by atoms with E-state index in [9.17, 15) is 9.59 Å². The first kappa shape index (κ1) is 13.1. The second-order valence-corrected chi connectivity index (χ2v) is 4.31. The van der Waals surface area contributed by atoms with Gasteiger partial charge >= 0.3 is 5.97 Å². The van der Waals surface area contributed by atoms with Crippen LogP contribution < -0.4 is 5.32 Å². The van der Waals surface area contributed by atoms with Crippen LogP contribution in [0.4, 0.5) is 0 Å². The Labute approximate surface area is 111 Å². The maximum absolute atomic E-state index is 11.8. The molecule has 0 saturated carbocycles. The summed E-state index contributed by atoms with van der Waals surface area (Å²) in [6.07, 6.45) is 1.57. The molecule has 100 valence electrons. The Morgan fingerprint density at radius 3 is 2.63 bits per heavy atom. The minimum absolute atomic E-state index is 0.0305. The van der Waals surface area contributed by atoms with E-state index in [2.05, 4.69) is 10.1 Å². The van der Waals surface area contributed by atoms with Crippen molar-refractivity contribution in [3.63, 3.8) is 0 Å². The van der Waals surface area contributed by atoms with E-state index < -0.39 is 0 Å². The Hall–Kier alpha value is -2.30. The molecule has 0 fully saturated rings. The summed E-state index contributed by atoms with van der Waals surface area (Å²) in [6.45, 7) is 1.37. The lowest BCUT2D eigenvalue weighted by Gasteiger charge is -2.11. The van der Waals surface area contributed by atoms with E-state index in [1.807, 2.05) is 0 Å². The predicted molar refractivity (Wildman–Crippen MR) is 71.4 cm³/mol. The van der Waals surface area contributed by atoms with Crippen LogP contribution in [0, 0.1) is 0 Å². The van der Waals surface area contributed by atoms with Crippen LogP contribution in [0.3, 0.4) is 0 Å². The maximum atomic E-state index is 11.8. The van der Waals surface area contributed by atoms with Gasteiger partial charge in [-0.2, -0.15) is 0 Å². The average molecular weight is 260 g/mol. The topological polar surface area (TPSA) is 58.6 Å². The summed E-state index contributed by atoms with van der Waals surface area (Å²) in [6, 6.07) is 6.96. The van der Waals surface area contributed by atoms with Crippen molar-refractivity contribution in [2.24, 2.45) is 0 Å². The number of carbonyl (C=O) groups excluding carboxylic acids is 2.